The maximum Gasteiger partial charge on any atom is 0.119 e. The molecule has 0 amide bonds. The van der Waals surface area contributed by atoms with Gasteiger partial charge in [-0.25, -0.2) is 0 Å². The van der Waals surface area contributed by atoms with Gasteiger partial charge in [0.2, 0.25) is 0 Å². The molecule has 0 aliphatic rings. The van der Waals surface area contributed by atoms with Gasteiger partial charge in [-0.2, -0.15) is 0 Å². The molecule has 2 nitrogen and oxygen atoms in total. The van der Waals surface area contributed by atoms with Crippen LogP contribution in [-0.2, 0) is 5.41 Å². The summed E-state index contributed by atoms with van der Waals surface area (Å²) in [5, 5.41) is 0. The normalized spacial score (nSPS) is 11.9. The third kappa shape index (κ3) is 3.53. The smallest absolute Gasteiger partial charge is 0.119 e. The number of hydrogen-bond acceptors (Lipinski definition) is 2. The Hall–Kier alpha value is -1.02. The quantitative estimate of drug-likeness (QED) is 0.829. The van der Waals surface area contributed by atoms with E-state index in [2.05, 4.69) is 39.8 Å². The molecule has 0 aromatic heterocycles. The fourth-order valence-corrected chi connectivity index (χ4v) is 1.38. The zero-order chi connectivity index (χ0) is 12.2. The number of nitrogens with two attached hydrogens (primary N) is 1. The van der Waals surface area contributed by atoms with Crippen molar-refractivity contribution in [3.05, 3.63) is 29.8 Å². The summed E-state index contributed by atoms with van der Waals surface area (Å²) >= 11 is 0. The van der Waals surface area contributed by atoms with E-state index in [1.807, 2.05) is 12.1 Å². The molecule has 1 aromatic rings. The van der Waals surface area contributed by atoms with Gasteiger partial charge in [-0.3, -0.25) is 0 Å². The Kier molecular flexibility index (Phi) is 4.36. The van der Waals surface area contributed by atoms with E-state index in [-0.39, 0.29) is 5.41 Å². The van der Waals surface area contributed by atoms with E-state index in [1.54, 1.807) is 0 Å². The van der Waals surface area contributed by atoms with Crippen LogP contribution >= 0.6 is 0 Å². The minimum Gasteiger partial charge on any atom is -0.493 e. The average Bonchev–Trinajstić information content (AvgIpc) is 2.27. The van der Waals surface area contributed by atoms with Crippen LogP contribution in [0.2, 0.25) is 0 Å². The Morgan fingerprint density at radius 2 is 1.75 bits per heavy atom. The Bertz CT molecular complexity index is 314. The van der Waals surface area contributed by atoms with Crippen LogP contribution in [0.4, 0.5) is 0 Å². The number of rotatable bonds is 5. The molecule has 2 N–H and O–H groups in total. The molecule has 1 rings (SSSR count). The van der Waals surface area contributed by atoms with Gasteiger partial charge in [0.05, 0.1) is 6.61 Å². The van der Waals surface area contributed by atoms with Gasteiger partial charge in [-0.05, 0) is 23.6 Å². The van der Waals surface area contributed by atoms with Crippen LogP contribution in [0, 0.1) is 5.92 Å². The Labute approximate surface area is 98.8 Å². The molecule has 0 fully saturated rings. The van der Waals surface area contributed by atoms with Crippen molar-refractivity contribution in [2.24, 2.45) is 11.7 Å². The van der Waals surface area contributed by atoms with E-state index in [1.165, 1.54) is 5.56 Å². The standard InChI is InChI=1S/C14H23NO/c1-11(2)9-16-13-7-5-12(6-8-13)14(3,4)10-15/h5-8,11H,9-10,15H2,1-4H3. The lowest BCUT2D eigenvalue weighted by Gasteiger charge is -2.23. The van der Waals surface area contributed by atoms with Crippen molar-refractivity contribution in [3.63, 3.8) is 0 Å². The van der Waals surface area contributed by atoms with Gasteiger partial charge in [0.15, 0.2) is 0 Å². The van der Waals surface area contributed by atoms with Crippen LogP contribution in [0.15, 0.2) is 24.3 Å². The fourth-order valence-electron chi connectivity index (χ4n) is 1.38. The summed E-state index contributed by atoms with van der Waals surface area (Å²) in [6.45, 7) is 10.0. The lowest BCUT2D eigenvalue weighted by atomic mass is 9.85. The molecule has 0 spiro atoms. The van der Waals surface area contributed by atoms with Gasteiger partial charge < -0.3 is 10.5 Å². The third-order valence-corrected chi connectivity index (χ3v) is 2.73. The molecule has 0 aliphatic carbocycles. The topological polar surface area (TPSA) is 35.2 Å². The first kappa shape index (κ1) is 13.0. The molecule has 0 aliphatic heterocycles. The van der Waals surface area contributed by atoms with Crippen molar-refractivity contribution in [2.75, 3.05) is 13.2 Å². The van der Waals surface area contributed by atoms with Gasteiger partial charge >= 0.3 is 0 Å². The minimum absolute atomic E-state index is 0.0383. The van der Waals surface area contributed by atoms with Crippen molar-refractivity contribution >= 4 is 0 Å². The summed E-state index contributed by atoms with van der Waals surface area (Å²) in [7, 11) is 0. The molecule has 0 heterocycles. The highest BCUT2D eigenvalue weighted by Gasteiger charge is 2.17. The summed E-state index contributed by atoms with van der Waals surface area (Å²) < 4.78 is 5.64. The Balaban J connectivity index is 2.68. The zero-order valence-electron chi connectivity index (χ0n) is 10.8. The second-order valence-electron chi connectivity index (χ2n) is 5.32. The maximum atomic E-state index is 5.74. The monoisotopic (exact) mass is 221 g/mol. The SMILES string of the molecule is CC(C)COc1ccc(C(C)(C)CN)cc1. The lowest BCUT2D eigenvalue weighted by molar-refractivity contribution is 0.271. The molecule has 0 atom stereocenters. The van der Waals surface area contributed by atoms with Crippen molar-refractivity contribution in [1.29, 1.82) is 0 Å². The van der Waals surface area contributed by atoms with E-state index in [9.17, 15) is 0 Å². The highest BCUT2D eigenvalue weighted by atomic mass is 16.5. The number of benzene rings is 1. The fraction of sp³-hybridized carbons (Fsp3) is 0.571. The van der Waals surface area contributed by atoms with Crippen LogP contribution in [0.5, 0.6) is 5.75 Å². The predicted octanol–water partition coefficient (Wildman–Crippen LogP) is 2.96. The van der Waals surface area contributed by atoms with Crippen molar-refractivity contribution in [2.45, 2.75) is 33.1 Å². The molecule has 0 bridgehead atoms. The van der Waals surface area contributed by atoms with Crippen LogP contribution in [0.25, 0.3) is 0 Å². The molecule has 0 unspecified atom stereocenters. The summed E-state index contributed by atoms with van der Waals surface area (Å²) in [5.74, 6) is 1.49. The summed E-state index contributed by atoms with van der Waals surface area (Å²) in [4.78, 5) is 0. The van der Waals surface area contributed by atoms with E-state index in [4.69, 9.17) is 10.5 Å². The highest BCUT2D eigenvalue weighted by Crippen LogP contribution is 2.24. The van der Waals surface area contributed by atoms with Crippen molar-refractivity contribution in [1.82, 2.24) is 0 Å². The van der Waals surface area contributed by atoms with Gasteiger partial charge in [0.25, 0.3) is 0 Å². The number of hydrogen-bond donors (Lipinski definition) is 1. The van der Waals surface area contributed by atoms with Crippen molar-refractivity contribution in [3.8, 4) is 5.75 Å². The highest BCUT2D eigenvalue weighted by molar-refractivity contribution is 5.31. The molecular weight excluding hydrogens is 198 g/mol. The average molecular weight is 221 g/mol. The van der Waals surface area contributed by atoms with E-state index < -0.39 is 0 Å². The van der Waals surface area contributed by atoms with E-state index in [0.29, 0.717) is 12.5 Å². The van der Waals surface area contributed by atoms with E-state index in [0.717, 1.165) is 12.4 Å². The van der Waals surface area contributed by atoms with Crippen LogP contribution in [-0.4, -0.2) is 13.2 Å². The molecule has 0 saturated carbocycles. The Morgan fingerprint density at radius 3 is 2.19 bits per heavy atom. The molecular formula is C14H23NO. The second kappa shape index (κ2) is 5.35. The molecule has 90 valence electrons. The molecule has 16 heavy (non-hydrogen) atoms. The predicted molar refractivity (Wildman–Crippen MR) is 68.9 cm³/mol. The number of ether oxygens (including phenoxy) is 1. The minimum atomic E-state index is 0.0383. The molecule has 0 radical (unpaired) electrons. The summed E-state index contributed by atoms with van der Waals surface area (Å²) in [6.07, 6.45) is 0. The van der Waals surface area contributed by atoms with Crippen LogP contribution in [0.1, 0.15) is 33.3 Å². The first-order valence-electron chi connectivity index (χ1n) is 5.89. The molecule has 2 heteroatoms. The van der Waals surface area contributed by atoms with Gasteiger partial charge in [0.1, 0.15) is 5.75 Å². The lowest BCUT2D eigenvalue weighted by Crippen LogP contribution is -2.27. The van der Waals surface area contributed by atoms with E-state index >= 15 is 0 Å². The maximum absolute atomic E-state index is 5.74. The van der Waals surface area contributed by atoms with Gasteiger partial charge in [-0.1, -0.05) is 39.8 Å². The summed E-state index contributed by atoms with van der Waals surface area (Å²) in [6, 6.07) is 8.25. The van der Waals surface area contributed by atoms with Crippen LogP contribution in [0.3, 0.4) is 0 Å². The molecule has 1 aromatic carbocycles. The third-order valence-electron chi connectivity index (χ3n) is 2.73. The first-order valence-corrected chi connectivity index (χ1v) is 5.89. The molecule has 0 saturated heterocycles. The Morgan fingerprint density at radius 1 is 1.19 bits per heavy atom. The van der Waals surface area contributed by atoms with Gasteiger partial charge in [0, 0.05) is 12.0 Å². The van der Waals surface area contributed by atoms with Gasteiger partial charge in [-0.15, -0.1) is 0 Å². The second-order valence-corrected chi connectivity index (χ2v) is 5.32. The first-order chi connectivity index (χ1) is 7.45. The summed E-state index contributed by atoms with van der Waals surface area (Å²) in [5.41, 5.74) is 7.04. The zero-order valence-corrected chi connectivity index (χ0v) is 10.8. The van der Waals surface area contributed by atoms with Crippen molar-refractivity contribution < 1.29 is 4.74 Å². The van der Waals surface area contributed by atoms with Crippen LogP contribution < -0.4 is 10.5 Å². The largest absolute Gasteiger partial charge is 0.493 e.